The van der Waals surface area contributed by atoms with Crippen LogP contribution in [0.4, 0.5) is 0 Å². The van der Waals surface area contributed by atoms with Gasteiger partial charge in [0.25, 0.3) is 0 Å². The van der Waals surface area contributed by atoms with Crippen molar-refractivity contribution in [3.05, 3.63) is 0 Å². The molecule has 2 heterocycles. The normalized spacial score (nSPS) is 35.3. The van der Waals surface area contributed by atoms with Gasteiger partial charge in [0.15, 0.2) is 0 Å². The third-order valence-corrected chi connectivity index (χ3v) is 4.33. The van der Waals surface area contributed by atoms with Crippen LogP contribution in [0.25, 0.3) is 0 Å². The van der Waals surface area contributed by atoms with Gasteiger partial charge in [0, 0.05) is 19.7 Å². The first kappa shape index (κ1) is 13.3. The van der Waals surface area contributed by atoms with Gasteiger partial charge in [-0.3, -0.25) is 0 Å². The number of hydrogen-bond acceptors (Lipinski definition) is 3. The predicted molar refractivity (Wildman–Crippen MR) is 69.1 cm³/mol. The molecule has 0 aliphatic carbocycles. The summed E-state index contributed by atoms with van der Waals surface area (Å²) in [5, 5.41) is 9.84. The fraction of sp³-hybridized carbons (Fsp3) is 1.00. The van der Waals surface area contributed by atoms with Gasteiger partial charge in [-0.15, -0.1) is 0 Å². The SMILES string of the molecule is CCC1CN(CCCC2CCCO2)CCC1O. The van der Waals surface area contributed by atoms with Crippen molar-refractivity contribution in [2.75, 3.05) is 26.2 Å². The maximum Gasteiger partial charge on any atom is 0.0592 e. The average molecular weight is 241 g/mol. The Balaban J connectivity index is 1.62. The van der Waals surface area contributed by atoms with Gasteiger partial charge in [-0.25, -0.2) is 0 Å². The van der Waals surface area contributed by atoms with Crippen molar-refractivity contribution >= 4 is 0 Å². The zero-order valence-corrected chi connectivity index (χ0v) is 11.1. The fourth-order valence-corrected chi connectivity index (χ4v) is 3.11. The molecule has 0 amide bonds. The van der Waals surface area contributed by atoms with Gasteiger partial charge in [0.2, 0.25) is 0 Å². The van der Waals surface area contributed by atoms with Crippen LogP contribution in [0.15, 0.2) is 0 Å². The minimum absolute atomic E-state index is 0.0607. The third kappa shape index (κ3) is 3.94. The number of hydrogen-bond donors (Lipinski definition) is 1. The Labute approximate surface area is 105 Å². The second-order valence-corrected chi connectivity index (χ2v) is 5.60. The first-order valence-corrected chi connectivity index (χ1v) is 7.31. The molecule has 2 saturated heterocycles. The lowest BCUT2D eigenvalue weighted by molar-refractivity contribution is 0.0225. The highest BCUT2D eigenvalue weighted by atomic mass is 16.5. The monoisotopic (exact) mass is 241 g/mol. The molecule has 0 saturated carbocycles. The lowest BCUT2D eigenvalue weighted by atomic mass is 9.92. The standard InChI is InChI=1S/C14H27NO2/c1-2-12-11-15(9-7-14(12)16)8-3-5-13-6-4-10-17-13/h12-14,16H,2-11H2,1H3. The van der Waals surface area contributed by atoms with Crippen molar-refractivity contribution in [1.82, 2.24) is 4.90 Å². The van der Waals surface area contributed by atoms with Crippen molar-refractivity contribution in [3.8, 4) is 0 Å². The van der Waals surface area contributed by atoms with E-state index in [4.69, 9.17) is 4.74 Å². The molecule has 2 fully saturated rings. The molecular weight excluding hydrogens is 214 g/mol. The van der Waals surface area contributed by atoms with Crippen LogP contribution < -0.4 is 0 Å². The molecule has 2 aliphatic heterocycles. The second kappa shape index (κ2) is 6.72. The molecule has 3 nitrogen and oxygen atoms in total. The summed E-state index contributed by atoms with van der Waals surface area (Å²) in [6.45, 7) is 6.50. The summed E-state index contributed by atoms with van der Waals surface area (Å²) in [6.07, 6.45) is 7.51. The minimum atomic E-state index is -0.0607. The molecule has 0 aromatic carbocycles. The van der Waals surface area contributed by atoms with Crippen molar-refractivity contribution in [2.24, 2.45) is 5.92 Å². The molecule has 0 radical (unpaired) electrons. The van der Waals surface area contributed by atoms with Crippen LogP contribution >= 0.6 is 0 Å². The number of rotatable bonds is 5. The summed E-state index contributed by atoms with van der Waals surface area (Å²) in [7, 11) is 0. The molecular formula is C14H27NO2. The van der Waals surface area contributed by atoms with Crippen molar-refractivity contribution in [2.45, 2.75) is 57.7 Å². The number of likely N-dealkylation sites (tertiary alicyclic amines) is 1. The number of aliphatic hydroxyl groups excluding tert-OH is 1. The van der Waals surface area contributed by atoms with E-state index in [9.17, 15) is 5.11 Å². The van der Waals surface area contributed by atoms with Crippen LogP contribution in [0.2, 0.25) is 0 Å². The quantitative estimate of drug-likeness (QED) is 0.799. The molecule has 3 unspecified atom stereocenters. The Bertz CT molecular complexity index is 216. The number of piperidine rings is 1. The zero-order chi connectivity index (χ0) is 12.1. The maximum absolute atomic E-state index is 9.84. The highest BCUT2D eigenvalue weighted by molar-refractivity contribution is 4.79. The smallest absolute Gasteiger partial charge is 0.0592 e. The summed E-state index contributed by atoms with van der Waals surface area (Å²) in [5.41, 5.74) is 0. The average Bonchev–Trinajstić information content (AvgIpc) is 2.84. The predicted octanol–water partition coefficient (Wildman–Crippen LogP) is 2.04. The van der Waals surface area contributed by atoms with Gasteiger partial charge in [-0.1, -0.05) is 6.92 Å². The summed E-state index contributed by atoms with van der Waals surface area (Å²) in [6, 6.07) is 0. The molecule has 100 valence electrons. The number of aliphatic hydroxyl groups is 1. The largest absolute Gasteiger partial charge is 0.393 e. The Hall–Kier alpha value is -0.120. The van der Waals surface area contributed by atoms with Crippen molar-refractivity contribution in [3.63, 3.8) is 0 Å². The van der Waals surface area contributed by atoms with Gasteiger partial charge in [0.1, 0.15) is 0 Å². The molecule has 3 atom stereocenters. The Morgan fingerprint density at radius 3 is 2.94 bits per heavy atom. The van der Waals surface area contributed by atoms with Gasteiger partial charge in [0.05, 0.1) is 12.2 Å². The van der Waals surface area contributed by atoms with Crippen molar-refractivity contribution < 1.29 is 9.84 Å². The molecule has 0 bridgehead atoms. The number of ether oxygens (including phenoxy) is 1. The first-order valence-electron chi connectivity index (χ1n) is 7.31. The molecule has 0 spiro atoms. The van der Waals surface area contributed by atoms with E-state index in [0.717, 1.165) is 32.5 Å². The second-order valence-electron chi connectivity index (χ2n) is 5.60. The van der Waals surface area contributed by atoms with E-state index in [1.807, 2.05) is 0 Å². The van der Waals surface area contributed by atoms with Crippen LogP contribution in [0.5, 0.6) is 0 Å². The Morgan fingerprint density at radius 2 is 2.24 bits per heavy atom. The van der Waals surface area contributed by atoms with E-state index < -0.39 is 0 Å². The third-order valence-electron chi connectivity index (χ3n) is 4.33. The Morgan fingerprint density at radius 1 is 1.35 bits per heavy atom. The summed E-state index contributed by atoms with van der Waals surface area (Å²) < 4.78 is 5.64. The van der Waals surface area contributed by atoms with Gasteiger partial charge in [-0.2, -0.15) is 0 Å². The molecule has 0 aromatic rings. The Kier molecular flexibility index (Phi) is 5.26. The molecule has 0 aromatic heterocycles. The molecule has 1 N–H and O–H groups in total. The minimum Gasteiger partial charge on any atom is -0.393 e. The van der Waals surface area contributed by atoms with E-state index in [2.05, 4.69) is 11.8 Å². The van der Waals surface area contributed by atoms with Crippen LogP contribution in [0, 0.1) is 5.92 Å². The van der Waals surface area contributed by atoms with E-state index in [-0.39, 0.29) is 6.10 Å². The summed E-state index contributed by atoms with van der Waals surface area (Å²) in [4.78, 5) is 2.52. The molecule has 2 aliphatic rings. The number of nitrogens with zero attached hydrogens (tertiary/aromatic N) is 1. The van der Waals surface area contributed by atoms with E-state index >= 15 is 0 Å². The highest BCUT2D eigenvalue weighted by Gasteiger charge is 2.26. The molecule has 2 rings (SSSR count). The maximum atomic E-state index is 9.84. The van der Waals surface area contributed by atoms with Gasteiger partial charge in [-0.05, 0) is 51.0 Å². The summed E-state index contributed by atoms with van der Waals surface area (Å²) in [5.74, 6) is 0.492. The van der Waals surface area contributed by atoms with E-state index in [1.54, 1.807) is 0 Å². The lowest BCUT2D eigenvalue weighted by Crippen LogP contribution is -2.43. The van der Waals surface area contributed by atoms with E-state index in [0.29, 0.717) is 12.0 Å². The fourth-order valence-electron chi connectivity index (χ4n) is 3.11. The molecule has 3 heteroatoms. The van der Waals surface area contributed by atoms with Crippen LogP contribution in [0.3, 0.4) is 0 Å². The highest BCUT2D eigenvalue weighted by Crippen LogP contribution is 2.21. The van der Waals surface area contributed by atoms with E-state index in [1.165, 1.54) is 32.2 Å². The molecule has 17 heavy (non-hydrogen) atoms. The van der Waals surface area contributed by atoms with Crippen LogP contribution in [0.1, 0.15) is 45.4 Å². The zero-order valence-electron chi connectivity index (χ0n) is 11.1. The van der Waals surface area contributed by atoms with Crippen LogP contribution in [-0.4, -0.2) is 48.5 Å². The van der Waals surface area contributed by atoms with Gasteiger partial charge < -0.3 is 14.7 Å². The lowest BCUT2D eigenvalue weighted by Gasteiger charge is -2.35. The first-order chi connectivity index (χ1) is 8.29. The van der Waals surface area contributed by atoms with Crippen molar-refractivity contribution in [1.29, 1.82) is 0 Å². The van der Waals surface area contributed by atoms with Crippen LogP contribution in [-0.2, 0) is 4.74 Å². The topological polar surface area (TPSA) is 32.7 Å². The summed E-state index contributed by atoms with van der Waals surface area (Å²) >= 11 is 0. The van der Waals surface area contributed by atoms with Gasteiger partial charge >= 0.3 is 0 Å².